The topological polar surface area (TPSA) is 97.7 Å². The van der Waals surface area contributed by atoms with Gasteiger partial charge in [-0.1, -0.05) is 29.8 Å². The lowest BCUT2D eigenvalue weighted by Crippen LogP contribution is -2.17. The first-order valence-electron chi connectivity index (χ1n) is 7.88. The molecule has 0 radical (unpaired) electrons. The molecule has 0 unspecified atom stereocenters. The number of amides is 1. The van der Waals surface area contributed by atoms with Crippen molar-refractivity contribution in [3.63, 3.8) is 0 Å². The molecule has 0 aliphatic rings. The maximum absolute atomic E-state index is 12.0. The fourth-order valence-electron chi connectivity index (χ4n) is 2.30. The van der Waals surface area contributed by atoms with Crippen LogP contribution in [0.5, 0.6) is 0 Å². The summed E-state index contributed by atoms with van der Waals surface area (Å²) in [5, 5.41) is 15.2. The second-order valence-electron chi connectivity index (χ2n) is 5.67. The number of benzene rings is 2. The first kappa shape index (κ1) is 18.3. The van der Waals surface area contributed by atoms with Gasteiger partial charge in [0.25, 0.3) is 11.6 Å². The monoisotopic (exact) mass is 383 g/mol. The van der Waals surface area contributed by atoms with Crippen molar-refractivity contribution in [1.82, 2.24) is 5.43 Å². The molecule has 1 aromatic heterocycles. The van der Waals surface area contributed by atoms with Crippen molar-refractivity contribution in [2.75, 3.05) is 0 Å². The molecule has 2 aromatic carbocycles. The lowest BCUT2D eigenvalue weighted by molar-refractivity contribution is -0.384. The SMILES string of the molecule is Cc1ccc(-c2ccc(C=NNC(=O)c3cccc([N+](=O)[O-])c3)o2)cc1Cl. The molecule has 3 rings (SSSR count). The van der Waals surface area contributed by atoms with E-state index in [2.05, 4.69) is 10.5 Å². The van der Waals surface area contributed by atoms with Crippen LogP contribution in [0.25, 0.3) is 11.3 Å². The molecule has 0 bridgehead atoms. The van der Waals surface area contributed by atoms with E-state index in [1.165, 1.54) is 30.5 Å². The minimum atomic E-state index is -0.568. The maximum Gasteiger partial charge on any atom is 0.271 e. The normalized spacial score (nSPS) is 10.9. The number of non-ortho nitro benzene ring substituents is 1. The number of hydrogen-bond donors (Lipinski definition) is 1. The molecule has 0 aliphatic carbocycles. The quantitative estimate of drug-likeness (QED) is 0.396. The van der Waals surface area contributed by atoms with E-state index in [0.717, 1.165) is 11.1 Å². The van der Waals surface area contributed by atoms with Gasteiger partial charge in [0.15, 0.2) is 0 Å². The van der Waals surface area contributed by atoms with E-state index in [-0.39, 0.29) is 11.3 Å². The number of nitrogens with one attached hydrogen (secondary N) is 1. The molecule has 0 atom stereocenters. The van der Waals surface area contributed by atoms with E-state index in [1.54, 1.807) is 18.2 Å². The van der Waals surface area contributed by atoms with E-state index >= 15 is 0 Å². The van der Waals surface area contributed by atoms with Gasteiger partial charge in [0.1, 0.15) is 11.5 Å². The minimum Gasteiger partial charge on any atom is -0.455 e. The van der Waals surface area contributed by atoms with E-state index in [4.69, 9.17) is 16.0 Å². The van der Waals surface area contributed by atoms with E-state index in [0.29, 0.717) is 16.5 Å². The molecule has 3 aromatic rings. The van der Waals surface area contributed by atoms with Gasteiger partial charge in [-0.3, -0.25) is 14.9 Å². The Balaban J connectivity index is 1.67. The van der Waals surface area contributed by atoms with Crippen LogP contribution in [-0.2, 0) is 0 Å². The van der Waals surface area contributed by atoms with Gasteiger partial charge in [-0.25, -0.2) is 5.43 Å². The fraction of sp³-hybridized carbons (Fsp3) is 0.0526. The minimum absolute atomic E-state index is 0.135. The summed E-state index contributed by atoms with van der Waals surface area (Å²) in [7, 11) is 0. The third-order valence-corrected chi connectivity index (χ3v) is 4.17. The molecule has 1 heterocycles. The Morgan fingerprint density at radius 1 is 1.22 bits per heavy atom. The van der Waals surface area contributed by atoms with Crippen molar-refractivity contribution in [3.8, 4) is 11.3 Å². The summed E-state index contributed by atoms with van der Waals surface area (Å²) in [4.78, 5) is 22.2. The number of nitrogens with zero attached hydrogens (tertiary/aromatic N) is 2. The number of aryl methyl sites for hydroxylation is 1. The smallest absolute Gasteiger partial charge is 0.271 e. The predicted molar refractivity (Wildman–Crippen MR) is 102 cm³/mol. The van der Waals surface area contributed by atoms with Crippen LogP contribution < -0.4 is 5.43 Å². The van der Waals surface area contributed by atoms with Gasteiger partial charge >= 0.3 is 0 Å². The highest BCUT2D eigenvalue weighted by atomic mass is 35.5. The van der Waals surface area contributed by atoms with Crippen LogP contribution in [0.15, 0.2) is 64.1 Å². The Kier molecular flexibility index (Phi) is 5.33. The van der Waals surface area contributed by atoms with Crippen molar-refractivity contribution in [1.29, 1.82) is 0 Å². The lowest BCUT2D eigenvalue weighted by Gasteiger charge is -2.01. The number of carbonyl (C=O) groups excluding carboxylic acids is 1. The first-order valence-corrected chi connectivity index (χ1v) is 8.26. The standard InChI is InChI=1S/C19H14ClN3O4/c1-12-5-6-13(10-17(12)20)18-8-7-16(27-18)11-21-22-19(24)14-3-2-4-15(9-14)23(25)26/h2-11H,1H3,(H,22,24). The van der Waals surface area contributed by atoms with Crippen molar-refractivity contribution in [2.24, 2.45) is 5.10 Å². The number of halogens is 1. The zero-order valence-corrected chi connectivity index (χ0v) is 14.9. The first-order chi connectivity index (χ1) is 12.9. The highest BCUT2D eigenvalue weighted by Gasteiger charge is 2.11. The molecule has 0 aliphatic heterocycles. The van der Waals surface area contributed by atoms with E-state index < -0.39 is 10.8 Å². The molecule has 1 N–H and O–H groups in total. The maximum atomic E-state index is 12.0. The van der Waals surface area contributed by atoms with Gasteiger partial charge < -0.3 is 4.42 Å². The van der Waals surface area contributed by atoms with Gasteiger partial charge in [0, 0.05) is 28.3 Å². The van der Waals surface area contributed by atoms with Crippen LogP contribution in [0, 0.1) is 17.0 Å². The molecular weight excluding hydrogens is 370 g/mol. The second-order valence-corrected chi connectivity index (χ2v) is 6.08. The Labute approximate surface area is 159 Å². The third-order valence-electron chi connectivity index (χ3n) is 3.76. The molecule has 136 valence electrons. The van der Waals surface area contributed by atoms with Crippen LogP contribution in [0.3, 0.4) is 0 Å². The summed E-state index contributed by atoms with van der Waals surface area (Å²) in [6.07, 6.45) is 1.34. The van der Waals surface area contributed by atoms with Crippen molar-refractivity contribution < 1.29 is 14.1 Å². The second kappa shape index (κ2) is 7.84. The lowest BCUT2D eigenvalue weighted by atomic mass is 10.1. The summed E-state index contributed by atoms with van der Waals surface area (Å²) in [6, 6.07) is 14.4. The number of nitro benzene ring substituents is 1. The molecule has 7 nitrogen and oxygen atoms in total. The van der Waals surface area contributed by atoms with Gasteiger partial charge in [0.05, 0.1) is 11.1 Å². The zero-order valence-electron chi connectivity index (χ0n) is 14.2. The Morgan fingerprint density at radius 2 is 2.04 bits per heavy atom. The number of carbonyl (C=O) groups is 1. The van der Waals surface area contributed by atoms with Crippen LogP contribution in [0.1, 0.15) is 21.7 Å². The molecule has 0 saturated carbocycles. The van der Waals surface area contributed by atoms with Gasteiger partial charge in [-0.05, 0) is 36.8 Å². The molecular formula is C19H14ClN3O4. The van der Waals surface area contributed by atoms with Crippen molar-refractivity contribution in [2.45, 2.75) is 6.92 Å². The average Bonchev–Trinajstić information content (AvgIpc) is 3.13. The summed E-state index contributed by atoms with van der Waals surface area (Å²) >= 11 is 6.12. The number of rotatable bonds is 5. The van der Waals surface area contributed by atoms with Crippen molar-refractivity contribution in [3.05, 3.63) is 86.6 Å². The van der Waals surface area contributed by atoms with Gasteiger partial charge in [-0.15, -0.1) is 0 Å². The summed E-state index contributed by atoms with van der Waals surface area (Å²) in [5.74, 6) is 0.483. The molecule has 0 fully saturated rings. The number of hydrogen-bond acceptors (Lipinski definition) is 5. The van der Waals surface area contributed by atoms with Gasteiger partial charge in [0.2, 0.25) is 0 Å². The van der Waals surface area contributed by atoms with Crippen molar-refractivity contribution >= 4 is 29.4 Å². The average molecular weight is 384 g/mol. The van der Waals surface area contributed by atoms with Crippen LogP contribution in [-0.4, -0.2) is 17.0 Å². The molecule has 27 heavy (non-hydrogen) atoms. The highest BCUT2D eigenvalue weighted by Crippen LogP contribution is 2.26. The number of hydrazone groups is 1. The largest absolute Gasteiger partial charge is 0.455 e. The summed E-state index contributed by atoms with van der Waals surface area (Å²) < 4.78 is 5.65. The molecule has 1 amide bonds. The molecule has 0 saturated heterocycles. The Morgan fingerprint density at radius 3 is 2.78 bits per heavy atom. The molecule has 8 heteroatoms. The molecule has 0 spiro atoms. The number of nitro groups is 1. The number of furan rings is 1. The summed E-state index contributed by atoms with van der Waals surface area (Å²) in [6.45, 7) is 1.91. The van der Waals surface area contributed by atoms with Crippen LogP contribution in [0.2, 0.25) is 5.02 Å². The summed E-state index contributed by atoms with van der Waals surface area (Å²) in [5.41, 5.74) is 4.07. The fourth-order valence-corrected chi connectivity index (χ4v) is 2.48. The predicted octanol–water partition coefficient (Wildman–Crippen LogP) is 4.58. The third kappa shape index (κ3) is 4.39. The Hall–Kier alpha value is -3.45. The van der Waals surface area contributed by atoms with E-state index in [9.17, 15) is 14.9 Å². The zero-order chi connectivity index (χ0) is 19.4. The van der Waals surface area contributed by atoms with E-state index in [1.807, 2.05) is 19.1 Å². The highest BCUT2D eigenvalue weighted by molar-refractivity contribution is 6.31. The Bertz CT molecular complexity index is 1040. The van der Waals surface area contributed by atoms with Crippen LogP contribution >= 0.6 is 11.6 Å². The van der Waals surface area contributed by atoms with Crippen LogP contribution in [0.4, 0.5) is 5.69 Å². The van der Waals surface area contributed by atoms with Gasteiger partial charge in [-0.2, -0.15) is 5.10 Å².